The van der Waals surface area contributed by atoms with Crippen LogP contribution in [-0.2, 0) is 13.8 Å². The summed E-state index contributed by atoms with van der Waals surface area (Å²) in [6.07, 6.45) is -1.35. The van der Waals surface area contributed by atoms with Crippen molar-refractivity contribution >= 4 is 31.1 Å². The fourth-order valence-corrected chi connectivity index (χ4v) is 2.99. The van der Waals surface area contributed by atoms with E-state index in [4.69, 9.17) is 15.8 Å². The van der Waals surface area contributed by atoms with Crippen molar-refractivity contribution in [2.45, 2.75) is 10.5 Å². The summed E-state index contributed by atoms with van der Waals surface area (Å²) >= 11 is 0.529. The van der Waals surface area contributed by atoms with Gasteiger partial charge in [0.2, 0.25) is 0 Å². The van der Waals surface area contributed by atoms with E-state index in [0.717, 1.165) is 6.07 Å². The van der Waals surface area contributed by atoms with Gasteiger partial charge in [0.1, 0.15) is 0 Å². The minimum atomic E-state index is -4.11. The van der Waals surface area contributed by atoms with E-state index in [1.165, 1.54) is 7.11 Å². The van der Waals surface area contributed by atoms with E-state index in [1.54, 1.807) is 0 Å². The minimum absolute atomic E-state index is 0.0456. The smallest absolute Gasteiger partial charge is 0.273 e. The molecular weight excluding hydrogens is 255 g/mol. The van der Waals surface area contributed by atoms with Crippen molar-refractivity contribution in [2.24, 2.45) is 0 Å². The van der Waals surface area contributed by atoms with Crippen LogP contribution in [0.4, 0.5) is 4.39 Å². The molecule has 1 aromatic rings. The third-order valence-electron chi connectivity index (χ3n) is 1.36. The molecule has 1 aromatic heterocycles. The monoisotopic (exact) mass is 260 g/mol. The van der Waals surface area contributed by atoms with Gasteiger partial charge in [-0.15, -0.1) is 11.3 Å². The lowest BCUT2D eigenvalue weighted by Crippen LogP contribution is -1.95. The summed E-state index contributed by atoms with van der Waals surface area (Å²) in [4.78, 5) is 0.0456. The Bertz CT molecular complexity index is 427. The van der Waals surface area contributed by atoms with Crippen LogP contribution in [0.15, 0.2) is 10.3 Å². The van der Waals surface area contributed by atoms with Crippen LogP contribution < -0.4 is 0 Å². The molecule has 1 heterocycles. The maximum absolute atomic E-state index is 13.0. The van der Waals surface area contributed by atoms with E-state index in [2.05, 4.69) is 4.74 Å². The van der Waals surface area contributed by atoms with Gasteiger partial charge in [0, 0.05) is 17.8 Å². The average Bonchev–Trinajstić information content (AvgIpc) is 2.45. The zero-order chi connectivity index (χ0) is 10.9. The first-order chi connectivity index (χ1) is 6.36. The summed E-state index contributed by atoms with van der Waals surface area (Å²) in [5, 5.41) is 9.12. The predicted molar refractivity (Wildman–Crippen MR) is 49.3 cm³/mol. The van der Waals surface area contributed by atoms with E-state index in [-0.39, 0.29) is 4.88 Å². The Balaban J connectivity index is 3.18. The van der Waals surface area contributed by atoms with Crippen LogP contribution in [0.2, 0.25) is 0 Å². The number of aliphatic hydroxyl groups is 1. The highest BCUT2D eigenvalue weighted by molar-refractivity contribution is 8.15. The SMILES string of the molecule is COC(O)c1cc(F)c(S(=O)(=O)Cl)s1. The Morgan fingerprint density at radius 3 is 2.64 bits per heavy atom. The number of hydrogen-bond acceptors (Lipinski definition) is 5. The molecule has 0 amide bonds. The molecule has 4 nitrogen and oxygen atoms in total. The minimum Gasteiger partial charge on any atom is -0.364 e. The van der Waals surface area contributed by atoms with Gasteiger partial charge in [-0.1, -0.05) is 0 Å². The van der Waals surface area contributed by atoms with Gasteiger partial charge in [-0.2, -0.15) is 0 Å². The Labute approximate surface area is 88.3 Å². The number of methoxy groups -OCH3 is 1. The summed E-state index contributed by atoms with van der Waals surface area (Å²) in [5.74, 6) is -0.990. The lowest BCUT2D eigenvalue weighted by atomic mass is 10.4. The molecule has 8 heteroatoms. The van der Waals surface area contributed by atoms with E-state index < -0.39 is 25.4 Å². The fraction of sp³-hybridized carbons (Fsp3) is 0.333. The van der Waals surface area contributed by atoms with Crippen molar-refractivity contribution in [1.29, 1.82) is 0 Å². The molecule has 0 spiro atoms. The third kappa shape index (κ3) is 2.43. The topological polar surface area (TPSA) is 63.6 Å². The number of thiophene rings is 1. The van der Waals surface area contributed by atoms with E-state index in [9.17, 15) is 12.8 Å². The summed E-state index contributed by atoms with van der Waals surface area (Å²) in [5.41, 5.74) is 0. The lowest BCUT2D eigenvalue weighted by Gasteiger charge is -2.03. The number of halogens is 2. The first kappa shape index (κ1) is 11.9. The summed E-state index contributed by atoms with van der Waals surface area (Å²) < 4.78 is 38.4. The molecular formula is C6H6ClFO4S2. The molecule has 80 valence electrons. The van der Waals surface area contributed by atoms with Gasteiger partial charge in [0.25, 0.3) is 9.05 Å². The van der Waals surface area contributed by atoms with Crippen molar-refractivity contribution in [3.63, 3.8) is 0 Å². The van der Waals surface area contributed by atoms with Gasteiger partial charge in [-0.05, 0) is 6.07 Å². The quantitative estimate of drug-likeness (QED) is 0.660. The molecule has 0 aliphatic rings. The second kappa shape index (κ2) is 4.11. The van der Waals surface area contributed by atoms with Gasteiger partial charge in [0.05, 0.1) is 4.88 Å². The van der Waals surface area contributed by atoms with Crippen LogP contribution in [0.1, 0.15) is 11.2 Å². The van der Waals surface area contributed by atoms with Crippen LogP contribution in [-0.4, -0.2) is 20.6 Å². The summed E-state index contributed by atoms with van der Waals surface area (Å²) in [7, 11) is 2.05. The second-order valence-corrected chi connectivity index (χ2v) is 6.16. The van der Waals surface area contributed by atoms with Gasteiger partial charge < -0.3 is 9.84 Å². The van der Waals surface area contributed by atoms with E-state index in [1.807, 2.05) is 0 Å². The van der Waals surface area contributed by atoms with Crippen molar-refractivity contribution in [2.75, 3.05) is 7.11 Å². The molecule has 14 heavy (non-hydrogen) atoms. The van der Waals surface area contributed by atoms with Crippen LogP contribution >= 0.6 is 22.0 Å². The first-order valence-electron chi connectivity index (χ1n) is 3.31. The summed E-state index contributed by atoms with van der Waals surface area (Å²) in [6.45, 7) is 0. The first-order valence-corrected chi connectivity index (χ1v) is 6.43. The zero-order valence-corrected chi connectivity index (χ0v) is 9.29. The molecule has 0 aliphatic carbocycles. The Kier molecular flexibility index (Phi) is 3.49. The maximum atomic E-state index is 13.0. The van der Waals surface area contributed by atoms with Crippen molar-refractivity contribution in [3.8, 4) is 0 Å². The number of hydrogen-bond donors (Lipinski definition) is 1. The van der Waals surface area contributed by atoms with E-state index >= 15 is 0 Å². The number of rotatable bonds is 3. The van der Waals surface area contributed by atoms with E-state index in [0.29, 0.717) is 11.3 Å². The summed E-state index contributed by atoms with van der Waals surface area (Å²) in [6, 6.07) is 0.869. The molecule has 1 atom stereocenters. The third-order valence-corrected chi connectivity index (χ3v) is 4.58. The maximum Gasteiger partial charge on any atom is 0.273 e. The van der Waals surface area contributed by atoms with Gasteiger partial charge in [0.15, 0.2) is 16.3 Å². The van der Waals surface area contributed by atoms with Gasteiger partial charge in [-0.25, -0.2) is 12.8 Å². The molecule has 0 saturated carbocycles. The molecule has 0 bridgehead atoms. The molecule has 1 rings (SSSR count). The molecule has 0 saturated heterocycles. The van der Waals surface area contributed by atoms with Crippen LogP contribution in [0, 0.1) is 5.82 Å². The lowest BCUT2D eigenvalue weighted by molar-refractivity contribution is -0.0744. The molecule has 0 fully saturated rings. The molecule has 1 unspecified atom stereocenters. The molecule has 1 N–H and O–H groups in total. The highest BCUT2D eigenvalue weighted by Gasteiger charge is 2.23. The number of aliphatic hydroxyl groups excluding tert-OH is 1. The Hall–Kier alpha value is -0.210. The Morgan fingerprint density at radius 2 is 2.29 bits per heavy atom. The molecule has 0 radical (unpaired) electrons. The number of ether oxygens (including phenoxy) is 1. The van der Waals surface area contributed by atoms with Gasteiger partial charge >= 0.3 is 0 Å². The van der Waals surface area contributed by atoms with Gasteiger partial charge in [-0.3, -0.25) is 0 Å². The molecule has 0 aromatic carbocycles. The van der Waals surface area contributed by atoms with Crippen LogP contribution in [0.25, 0.3) is 0 Å². The van der Waals surface area contributed by atoms with Crippen LogP contribution in [0.5, 0.6) is 0 Å². The Morgan fingerprint density at radius 1 is 1.71 bits per heavy atom. The van der Waals surface area contributed by atoms with Crippen molar-refractivity contribution < 1.29 is 22.7 Å². The predicted octanol–water partition coefficient (Wildman–Crippen LogP) is 1.45. The highest BCUT2D eigenvalue weighted by Crippen LogP contribution is 2.32. The average molecular weight is 261 g/mol. The van der Waals surface area contributed by atoms with Crippen molar-refractivity contribution in [3.05, 3.63) is 16.8 Å². The largest absolute Gasteiger partial charge is 0.364 e. The normalized spacial score (nSPS) is 14.3. The zero-order valence-electron chi connectivity index (χ0n) is 6.90. The standard InChI is InChI=1S/C6H6ClFO4S2/c1-12-5(9)4-2-3(8)6(13-4)14(7,10)11/h2,5,9H,1H3. The molecule has 0 aliphatic heterocycles. The van der Waals surface area contributed by atoms with Crippen LogP contribution in [0.3, 0.4) is 0 Å². The second-order valence-electron chi connectivity index (χ2n) is 2.31. The fourth-order valence-electron chi connectivity index (χ4n) is 0.773. The van der Waals surface area contributed by atoms with Crippen molar-refractivity contribution in [1.82, 2.24) is 0 Å². The highest BCUT2D eigenvalue weighted by atomic mass is 35.7.